The normalized spacial score (nSPS) is 13.5. The summed E-state index contributed by atoms with van der Waals surface area (Å²) in [4.78, 5) is 9.39. The Labute approximate surface area is 35.2 Å². The molecule has 6 heavy (non-hydrogen) atoms. The third-order valence-electron chi connectivity index (χ3n) is 0.285. The molecule has 0 aliphatic heterocycles. The van der Waals surface area contributed by atoms with Crippen molar-refractivity contribution in [2.45, 2.75) is 6.10 Å². The molecule has 0 saturated heterocycles. The van der Waals surface area contributed by atoms with Crippen LogP contribution in [-0.2, 0) is 4.79 Å². The van der Waals surface area contributed by atoms with Crippen molar-refractivity contribution in [2.24, 2.45) is 0 Å². The molecule has 1 unspecified atom stereocenters. The first-order chi connectivity index (χ1) is 2.64. The Bertz CT molecular complexity index is 57.1. The Morgan fingerprint density at radius 2 is 2.00 bits per heavy atom. The fraction of sp³-hybridized carbons (Fsp3) is 0.333. The zero-order valence-corrected chi connectivity index (χ0v) is 3.09. The van der Waals surface area contributed by atoms with Crippen molar-refractivity contribution in [3.8, 4) is 0 Å². The molecule has 34 valence electrons. The molecule has 1 atom stereocenters. The van der Waals surface area contributed by atoms with Crippen LogP contribution in [0.15, 0.2) is 0 Å². The molecule has 0 aromatic carbocycles. The monoisotopic (exact) mass is 89.0 g/mol. The lowest BCUT2D eigenvalue weighted by Crippen LogP contribution is -2.14. The summed E-state index contributed by atoms with van der Waals surface area (Å²) in [6.07, 6.45) is -1.48. The van der Waals surface area contributed by atoms with E-state index in [1.165, 1.54) is 0 Å². The van der Waals surface area contributed by atoms with Gasteiger partial charge in [-0.1, -0.05) is 0 Å². The molecule has 0 amide bonds. The molecular formula is C3H5O3+. The van der Waals surface area contributed by atoms with E-state index in [0.717, 1.165) is 0 Å². The van der Waals surface area contributed by atoms with E-state index in [-0.39, 0.29) is 0 Å². The molecule has 0 bridgehead atoms. The number of aliphatic hydroxyl groups is 1. The van der Waals surface area contributed by atoms with Crippen LogP contribution < -0.4 is 0 Å². The lowest BCUT2D eigenvalue weighted by Gasteiger charge is -1.81. The lowest BCUT2D eigenvalue weighted by atomic mass is 10.4. The maximum Gasteiger partial charge on any atom is 0.380 e. The van der Waals surface area contributed by atoms with Gasteiger partial charge in [0.15, 0.2) is 0 Å². The van der Waals surface area contributed by atoms with E-state index in [1.807, 2.05) is 0 Å². The van der Waals surface area contributed by atoms with Crippen molar-refractivity contribution in [3.63, 3.8) is 0 Å². The van der Waals surface area contributed by atoms with Gasteiger partial charge in [0.1, 0.15) is 6.92 Å². The van der Waals surface area contributed by atoms with E-state index in [9.17, 15) is 4.79 Å². The van der Waals surface area contributed by atoms with Gasteiger partial charge in [-0.3, -0.25) is 0 Å². The Morgan fingerprint density at radius 3 is 2.00 bits per heavy atom. The van der Waals surface area contributed by atoms with Crippen LogP contribution in [0, 0.1) is 6.92 Å². The van der Waals surface area contributed by atoms with Gasteiger partial charge in [-0.15, -0.1) is 0 Å². The van der Waals surface area contributed by atoms with Gasteiger partial charge in [-0.05, 0) is 0 Å². The summed E-state index contributed by atoms with van der Waals surface area (Å²) < 4.78 is 0. The SMILES string of the molecule is [CH2+]C(O)C(=O)O. The summed E-state index contributed by atoms with van der Waals surface area (Å²) in [5, 5.41) is 15.6. The van der Waals surface area contributed by atoms with E-state index in [4.69, 9.17) is 10.2 Å². The first kappa shape index (κ1) is 5.30. The van der Waals surface area contributed by atoms with Crippen LogP contribution in [-0.4, -0.2) is 22.3 Å². The Kier molecular flexibility index (Phi) is 1.47. The van der Waals surface area contributed by atoms with Gasteiger partial charge >= 0.3 is 5.97 Å². The van der Waals surface area contributed by atoms with Gasteiger partial charge < -0.3 is 10.2 Å². The second-order valence-electron chi connectivity index (χ2n) is 0.854. The quantitative estimate of drug-likeness (QED) is 0.416. The third kappa shape index (κ3) is 1.60. The number of carboxylic acids is 1. The molecule has 0 aromatic heterocycles. The zero-order chi connectivity index (χ0) is 5.15. The maximum atomic E-state index is 9.39. The summed E-state index contributed by atoms with van der Waals surface area (Å²) in [6.45, 7) is 2.79. The molecule has 0 spiro atoms. The predicted octanol–water partition coefficient (Wildman–Crippen LogP) is -0.734. The predicted molar refractivity (Wildman–Crippen MR) is 19.0 cm³/mol. The van der Waals surface area contributed by atoms with Crippen LogP contribution in [0.5, 0.6) is 0 Å². The van der Waals surface area contributed by atoms with E-state index in [2.05, 4.69) is 6.92 Å². The summed E-state index contributed by atoms with van der Waals surface area (Å²) in [6, 6.07) is 0. The van der Waals surface area contributed by atoms with Gasteiger partial charge in [0.05, 0.1) is 0 Å². The zero-order valence-electron chi connectivity index (χ0n) is 3.09. The minimum absolute atomic E-state index is 1.30. The van der Waals surface area contributed by atoms with Crippen molar-refractivity contribution >= 4 is 5.97 Å². The number of carbonyl (C=O) groups is 1. The van der Waals surface area contributed by atoms with Crippen LogP contribution in [0.4, 0.5) is 0 Å². The lowest BCUT2D eigenvalue weighted by molar-refractivity contribution is -0.144. The van der Waals surface area contributed by atoms with Crippen LogP contribution in [0.3, 0.4) is 0 Å². The summed E-state index contributed by atoms with van der Waals surface area (Å²) in [7, 11) is 0. The van der Waals surface area contributed by atoms with Gasteiger partial charge in [-0.25, -0.2) is 4.79 Å². The van der Waals surface area contributed by atoms with Crippen molar-refractivity contribution in [1.82, 2.24) is 0 Å². The first-order valence-electron chi connectivity index (χ1n) is 1.38. The second kappa shape index (κ2) is 1.67. The van der Waals surface area contributed by atoms with Crippen molar-refractivity contribution in [3.05, 3.63) is 6.92 Å². The number of aliphatic hydroxyl groups excluding tert-OH is 1. The minimum atomic E-state index is -1.48. The van der Waals surface area contributed by atoms with Gasteiger partial charge in [0.2, 0.25) is 0 Å². The molecular weight excluding hydrogens is 84.0 g/mol. The standard InChI is InChI=1S/C3H4O3/c1-2(4)3(5)6/h2,4H,1H2/p+1. The number of aliphatic carboxylic acids is 1. The highest BCUT2D eigenvalue weighted by Gasteiger charge is 2.10. The molecule has 0 heterocycles. The molecule has 0 rings (SSSR count). The largest absolute Gasteiger partial charge is 0.476 e. The summed E-state index contributed by atoms with van der Waals surface area (Å²) in [5.74, 6) is -1.30. The molecule has 3 nitrogen and oxygen atoms in total. The molecule has 0 radical (unpaired) electrons. The molecule has 0 aliphatic carbocycles. The molecule has 3 heteroatoms. The highest BCUT2D eigenvalue weighted by atomic mass is 16.4. The highest BCUT2D eigenvalue weighted by molar-refractivity contribution is 5.72. The first-order valence-corrected chi connectivity index (χ1v) is 1.38. The average Bonchev–Trinajstić information content (AvgIpc) is 1.36. The van der Waals surface area contributed by atoms with Gasteiger partial charge in [0, 0.05) is 0 Å². The van der Waals surface area contributed by atoms with Crippen molar-refractivity contribution in [2.75, 3.05) is 0 Å². The van der Waals surface area contributed by atoms with Crippen molar-refractivity contribution < 1.29 is 15.0 Å². The van der Waals surface area contributed by atoms with E-state index in [1.54, 1.807) is 0 Å². The Morgan fingerprint density at radius 1 is 1.83 bits per heavy atom. The Hall–Kier alpha value is -0.700. The van der Waals surface area contributed by atoms with Gasteiger partial charge in [-0.2, -0.15) is 0 Å². The van der Waals surface area contributed by atoms with E-state index in [0.29, 0.717) is 0 Å². The Balaban J connectivity index is 3.26. The minimum Gasteiger partial charge on any atom is -0.476 e. The van der Waals surface area contributed by atoms with Crippen LogP contribution in [0.2, 0.25) is 0 Å². The smallest absolute Gasteiger partial charge is 0.380 e. The maximum absolute atomic E-state index is 9.39. The van der Waals surface area contributed by atoms with E-state index < -0.39 is 12.1 Å². The molecule has 0 fully saturated rings. The third-order valence-corrected chi connectivity index (χ3v) is 0.285. The number of hydrogen-bond acceptors (Lipinski definition) is 2. The fourth-order valence-corrected chi connectivity index (χ4v) is 0. The molecule has 0 saturated carbocycles. The number of carboxylic acid groups (broad SMARTS) is 1. The second-order valence-corrected chi connectivity index (χ2v) is 0.854. The number of rotatable bonds is 1. The van der Waals surface area contributed by atoms with Gasteiger partial charge in [0.25, 0.3) is 6.10 Å². The summed E-state index contributed by atoms with van der Waals surface area (Å²) in [5.41, 5.74) is 0. The molecule has 0 aromatic rings. The molecule has 2 N–H and O–H groups in total. The number of hydrogen-bond donors (Lipinski definition) is 2. The fourth-order valence-electron chi connectivity index (χ4n) is 0. The van der Waals surface area contributed by atoms with Crippen LogP contribution in [0.1, 0.15) is 0 Å². The van der Waals surface area contributed by atoms with Crippen molar-refractivity contribution in [1.29, 1.82) is 0 Å². The topological polar surface area (TPSA) is 57.5 Å². The van der Waals surface area contributed by atoms with E-state index >= 15 is 0 Å². The summed E-state index contributed by atoms with van der Waals surface area (Å²) >= 11 is 0. The van der Waals surface area contributed by atoms with Crippen LogP contribution >= 0.6 is 0 Å². The molecule has 0 aliphatic rings. The highest BCUT2D eigenvalue weighted by Crippen LogP contribution is 1.72. The van der Waals surface area contributed by atoms with Crippen LogP contribution in [0.25, 0.3) is 0 Å². The average molecular weight is 89.1 g/mol.